The van der Waals surface area contributed by atoms with Gasteiger partial charge in [-0.3, -0.25) is 14.4 Å². The summed E-state index contributed by atoms with van der Waals surface area (Å²) in [7, 11) is 0. The number of hydrazone groups is 1. The Kier molecular flexibility index (Phi) is 8.31. The Labute approximate surface area is 188 Å². The number of benzene rings is 2. The largest absolute Gasteiger partial charge is 0.349 e. The van der Waals surface area contributed by atoms with Gasteiger partial charge in [0.1, 0.15) is 0 Å². The molecule has 166 valence electrons. The SMILES string of the molecule is CC(/C=C/c1ccccc1)=N/NC(=O)C(=O)Nc1ccccc1C(=O)NC1CCCCC1. The van der Waals surface area contributed by atoms with Gasteiger partial charge in [0.05, 0.1) is 17.0 Å². The van der Waals surface area contributed by atoms with Crippen molar-refractivity contribution in [3.8, 4) is 0 Å². The van der Waals surface area contributed by atoms with Gasteiger partial charge >= 0.3 is 11.8 Å². The Hall–Kier alpha value is -3.74. The molecular formula is C25H28N4O3. The molecule has 2 aromatic carbocycles. The molecule has 32 heavy (non-hydrogen) atoms. The normalized spacial score (nSPS) is 14.7. The Balaban J connectivity index is 1.57. The van der Waals surface area contributed by atoms with Crippen molar-refractivity contribution in [3.63, 3.8) is 0 Å². The molecule has 3 amide bonds. The van der Waals surface area contributed by atoms with Crippen LogP contribution in [0.1, 0.15) is 54.9 Å². The van der Waals surface area contributed by atoms with E-state index < -0.39 is 11.8 Å². The standard InChI is InChI=1S/C25H28N4O3/c1-18(16-17-19-10-4-2-5-11-19)28-29-25(32)24(31)27-22-15-9-8-14-21(22)23(30)26-20-12-6-3-7-13-20/h2,4-5,8-11,14-17,20H,3,6-7,12-13H2,1H3,(H,26,30)(H,27,31)(H,29,32)/b17-16+,28-18-. The van der Waals surface area contributed by atoms with E-state index in [-0.39, 0.29) is 17.6 Å². The van der Waals surface area contributed by atoms with Gasteiger partial charge in [0.25, 0.3) is 5.91 Å². The third kappa shape index (κ3) is 6.91. The van der Waals surface area contributed by atoms with E-state index in [9.17, 15) is 14.4 Å². The molecule has 0 atom stereocenters. The van der Waals surface area contributed by atoms with Crippen LogP contribution in [-0.2, 0) is 9.59 Å². The first-order valence-electron chi connectivity index (χ1n) is 10.8. The van der Waals surface area contributed by atoms with Crippen molar-refractivity contribution >= 4 is 35.2 Å². The van der Waals surface area contributed by atoms with Crippen molar-refractivity contribution in [2.24, 2.45) is 5.10 Å². The molecule has 1 aliphatic rings. The molecule has 0 unspecified atom stereocenters. The molecule has 1 fully saturated rings. The second-order valence-corrected chi connectivity index (χ2v) is 7.75. The van der Waals surface area contributed by atoms with Crippen LogP contribution >= 0.6 is 0 Å². The van der Waals surface area contributed by atoms with Crippen molar-refractivity contribution in [1.29, 1.82) is 0 Å². The number of anilines is 1. The summed E-state index contributed by atoms with van der Waals surface area (Å²) in [6, 6.07) is 16.4. The zero-order chi connectivity index (χ0) is 22.8. The third-order valence-electron chi connectivity index (χ3n) is 5.22. The Bertz CT molecular complexity index is 1010. The molecule has 0 aromatic heterocycles. The van der Waals surface area contributed by atoms with E-state index in [1.54, 1.807) is 37.3 Å². The maximum Gasteiger partial charge on any atom is 0.329 e. The van der Waals surface area contributed by atoms with Gasteiger partial charge in [-0.25, -0.2) is 5.43 Å². The van der Waals surface area contributed by atoms with E-state index in [1.165, 1.54) is 6.42 Å². The summed E-state index contributed by atoms with van der Waals surface area (Å²) in [6.07, 6.45) is 8.90. The van der Waals surface area contributed by atoms with Gasteiger partial charge in [-0.1, -0.05) is 67.8 Å². The van der Waals surface area contributed by atoms with Gasteiger partial charge in [0, 0.05) is 6.04 Å². The maximum atomic E-state index is 12.7. The fraction of sp³-hybridized carbons (Fsp3) is 0.280. The number of nitrogens with zero attached hydrogens (tertiary/aromatic N) is 1. The number of carbonyl (C=O) groups excluding carboxylic acids is 3. The summed E-state index contributed by atoms with van der Waals surface area (Å²) in [4.78, 5) is 37.2. The van der Waals surface area contributed by atoms with Gasteiger partial charge in [0.15, 0.2) is 0 Å². The van der Waals surface area contributed by atoms with Gasteiger partial charge in [-0.05, 0) is 43.5 Å². The molecule has 0 aliphatic heterocycles. The van der Waals surface area contributed by atoms with Crippen LogP contribution in [0.4, 0.5) is 5.69 Å². The molecule has 0 bridgehead atoms. The quantitative estimate of drug-likeness (QED) is 0.367. The van der Waals surface area contributed by atoms with Gasteiger partial charge in [0.2, 0.25) is 0 Å². The first kappa shape index (κ1) is 22.9. The molecule has 7 nitrogen and oxygen atoms in total. The number of carbonyl (C=O) groups is 3. The lowest BCUT2D eigenvalue weighted by molar-refractivity contribution is -0.136. The van der Waals surface area contributed by atoms with E-state index in [4.69, 9.17) is 0 Å². The summed E-state index contributed by atoms with van der Waals surface area (Å²) in [6.45, 7) is 1.71. The zero-order valence-corrected chi connectivity index (χ0v) is 18.1. The van der Waals surface area contributed by atoms with E-state index in [2.05, 4.69) is 21.2 Å². The molecular weight excluding hydrogens is 404 g/mol. The minimum Gasteiger partial charge on any atom is -0.349 e. The van der Waals surface area contributed by atoms with Crippen molar-refractivity contribution < 1.29 is 14.4 Å². The minimum absolute atomic E-state index is 0.143. The van der Waals surface area contributed by atoms with Crippen molar-refractivity contribution in [3.05, 3.63) is 71.8 Å². The first-order valence-corrected chi connectivity index (χ1v) is 10.8. The van der Waals surface area contributed by atoms with E-state index >= 15 is 0 Å². The molecule has 3 rings (SSSR count). The zero-order valence-electron chi connectivity index (χ0n) is 18.1. The predicted octanol–water partition coefficient (Wildman–Crippen LogP) is 3.89. The summed E-state index contributed by atoms with van der Waals surface area (Å²) in [5, 5.41) is 9.46. The van der Waals surface area contributed by atoms with Crippen LogP contribution in [-0.4, -0.2) is 29.5 Å². The van der Waals surface area contributed by atoms with Gasteiger partial charge in [-0.2, -0.15) is 5.10 Å². The van der Waals surface area contributed by atoms with E-state index in [1.807, 2.05) is 36.4 Å². The molecule has 7 heteroatoms. The second-order valence-electron chi connectivity index (χ2n) is 7.75. The smallest absolute Gasteiger partial charge is 0.329 e. The fourth-order valence-corrected chi connectivity index (χ4v) is 3.49. The van der Waals surface area contributed by atoms with Crippen LogP contribution in [0.25, 0.3) is 6.08 Å². The molecule has 0 spiro atoms. The molecule has 0 saturated heterocycles. The van der Waals surface area contributed by atoms with Gasteiger partial charge in [-0.15, -0.1) is 0 Å². The second kappa shape index (κ2) is 11.6. The molecule has 1 aliphatic carbocycles. The number of amides is 3. The number of hydrogen-bond donors (Lipinski definition) is 3. The molecule has 0 heterocycles. The number of rotatable bonds is 6. The monoisotopic (exact) mass is 432 g/mol. The lowest BCUT2D eigenvalue weighted by Crippen LogP contribution is -2.37. The highest BCUT2D eigenvalue weighted by Crippen LogP contribution is 2.20. The van der Waals surface area contributed by atoms with Crippen LogP contribution in [0.15, 0.2) is 65.8 Å². The van der Waals surface area contributed by atoms with Crippen LogP contribution in [0.5, 0.6) is 0 Å². The fourth-order valence-electron chi connectivity index (χ4n) is 3.49. The van der Waals surface area contributed by atoms with Crippen molar-refractivity contribution in [2.45, 2.75) is 45.1 Å². The minimum atomic E-state index is -0.917. The summed E-state index contributed by atoms with van der Waals surface area (Å²) < 4.78 is 0. The highest BCUT2D eigenvalue weighted by molar-refractivity contribution is 6.40. The van der Waals surface area contributed by atoms with Crippen LogP contribution < -0.4 is 16.1 Å². The topological polar surface area (TPSA) is 99.7 Å². The Morgan fingerprint density at radius 1 is 0.906 bits per heavy atom. The van der Waals surface area contributed by atoms with E-state index in [0.29, 0.717) is 11.3 Å². The summed E-state index contributed by atoms with van der Waals surface area (Å²) in [5.41, 5.74) is 4.37. The lowest BCUT2D eigenvalue weighted by atomic mass is 9.95. The summed E-state index contributed by atoms with van der Waals surface area (Å²) >= 11 is 0. The van der Waals surface area contributed by atoms with Crippen molar-refractivity contribution in [1.82, 2.24) is 10.7 Å². The highest BCUT2D eigenvalue weighted by Gasteiger charge is 2.20. The number of para-hydroxylation sites is 1. The molecule has 3 N–H and O–H groups in total. The molecule has 2 aromatic rings. The number of hydrogen-bond acceptors (Lipinski definition) is 4. The van der Waals surface area contributed by atoms with E-state index in [0.717, 1.165) is 31.2 Å². The average molecular weight is 433 g/mol. The summed E-state index contributed by atoms with van der Waals surface area (Å²) in [5.74, 6) is -2.07. The van der Waals surface area contributed by atoms with Crippen LogP contribution in [0, 0.1) is 0 Å². The number of nitrogens with one attached hydrogen (secondary N) is 3. The maximum absolute atomic E-state index is 12.7. The predicted molar refractivity (Wildman–Crippen MR) is 126 cm³/mol. The van der Waals surface area contributed by atoms with Gasteiger partial charge < -0.3 is 10.6 Å². The lowest BCUT2D eigenvalue weighted by Gasteiger charge is -2.23. The Morgan fingerprint density at radius 2 is 1.59 bits per heavy atom. The third-order valence-corrected chi connectivity index (χ3v) is 5.22. The van der Waals surface area contributed by atoms with Crippen LogP contribution in [0.3, 0.4) is 0 Å². The average Bonchev–Trinajstić information content (AvgIpc) is 2.82. The molecule has 0 radical (unpaired) electrons. The first-order chi connectivity index (χ1) is 15.5. The van der Waals surface area contributed by atoms with Crippen LogP contribution in [0.2, 0.25) is 0 Å². The van der Waals surface area contributed by atoms with Crippen molar-refractivity contribution in [2.75, 3.05) is 5.32 Å². The Morgan fingerprint density at radius 3 is 2.34 bits per heavy atom. The highest BCUT2D eigenvalue weighted by atomic mass is 16.2. The molecule has 1 saturated carbocycles. The number of allylic oxidation sites excluding steroid dienone is 1.